The number of nitrogens with zero attached hydrogens (tertiary/aromatic N) is 3. The summed E-state index contributed by atoms with van der Waals surface area (Å²) in [6.45, 7) is 2.37. The Hall–Kier alpha value is -1.96. The molecule has 1 unspecified atom stereocenters. The van der Waals surface area contributed by atoms with Crippen LogP contribution in [0.5, 0.6) is 0 Å². The van der Waals surface area contributed by atoms with Crippen LogP contribution in [-0.2, 0) is 16.1 Å². The van der Waals surface area contributed by atoms with Crippen LogP contribution >= 0.6 is 0 Å². The average molecular weight is 256 g/mol. The van der Waals surface area contributed by atoms with Crippen molar-refractivity contribution in [3.05, 3.63) is 11.9 Å². The number of methoxy groups -OCH3 is 1. The molecule has 0 saturated carbocycles. The minimum absolute atomic E-state index is 0.0140. The van der Waals surface area contributed by atoms with Crippen LogP contribution in [0.4, 0.5) is 0 Å². The monoisotopic (exact) mass is 256 g/mol. The fourth-order valence-corrected chi connectivity index (χ4v) is 1.31. The van der Waals surface area contributed by atoms with Crippen LogP contribution in [0, 0.1) is 0 Å². The summed E-state index contributed by atoms with van der Waals surface area (Å²) in [7, 11) is 1.59. The van der Waals surface area contributed by atoms with Crippen LogP contribution < -0.4 is 5.32 Å². The molecule has 1 heterocycles. The molecule has 0 aliphatic rings. The van der Waals surface area contributed by atoms with Gasteiger partial charge in [0.25, 0.3) is 0 Å². The van der Waals surface area contributed by atoms with Gasteiger partial charge in [-0.3, -0.25) is 4.79 Å². The number of carboxylic acid groups (broad SMARTS) is 1. The van der Waals surface area contributed by atoms with Gasteiger partial charge >= 0.3 is 5.97 Å². The van der Waals surface area contributed by atoms with Crippen LogP contribution in [0.25, 0.3) is 0 Å². The largest absolute Gasteiger partial charge is 0.476 e. The summed E-state index contributed by atoms with van der Waals surface area (Å²) in [5.41, 5.74) is -0.185. The Labute approximate surface area is 104 Å². The molecule has 8 nitrogen and oxygen atoms in total. The van der Waals surface area contributed by atoms with E-state index in [0.29, 0.717) is 13.0 Å². The van der Waals surface area contributed by atoms with Gasteiger partial charge < -0.3 is 15.2 Å². The van der Waals surface area contributed by atoms with Gasteiger partial charge in [0.2, 0.25) is 5.91 Å². The maximum Gasteiger partial charge on any atom is 0.358 e. The van der Waals surface area contributed by atoms with E-state index in [-0.39, 0.29) is 24.2 Å². The molecule has 1 amide bonds. The van der Waals surface area contributed by atoms with E-state index in [1.807, 2.05) is 6.92 Å². The molecular weight excluding hydrogens is 240 g/mol. The fourth-order valence-electron chi connectivity index (χ4n) is 1.31. The highest BCUT2D eigenvalue weighted by Gasteiger charge is 2.12. The Bertz CT molecular complexity index is 418. The third-order valence-corrected chi connectivity index (χ3v) is 2.23. The second kappa shape index (κ2) is 6.70. The van der Waals surface area contributed by atoms with Gasteiger partial charge in [-0.2, -0.15) is 0 Å². The number of nitrogens with one attached hydrogen (secondary N) is 1. The highest BCUT2D eigenvalue weighted by Crippen LogP contribution is 1.94. The second-order valence-corrected chi connectivity index (χ2v) is 3.86. The first-order valence-electron chi connectivity index (χ1n) is 5.44. The van der Waals surface area contributed by atoms with Crippen molar-refractivity contribution in [1.29, 1.82) is 0 Å². The maximum atomic E-state index is 11.6. The molecule has 0 aliphatic carbocycles. The number of aromatic nitrogens is 3. The second-order valence-electron chi connectivity index (χ2n) is 3.86. The van der Waals surface area contributed by atoms with E-state index in [1.165, 1.54) is 10.9 Å². The topological polar surface area (TPSA) is 106 Å². The maximum absolute atomic E-state index is 11.6. The summed E-state index contributed by atoms with van der Waals surface area (Å²) in [4.78, 5) is 22.1. The van der Waals surface area contributed by atoms with Gasteiger partial charge in [-0.05, 0) is 13.3 Å². The molecule has 2 N–H and O–H groups in total. The van der Waals surface area contributed by atoms with Crippen molar-refractivity contribution in [2.75, 3.05) is 13.7 Å². The van der Waals surface area contributed by atoms with Crippen molar-refractivity contribution in [3.63, 3.8) is 0 Å². The molecule has 0 aliphatic heterocycles. The van der Waals surface area contributed by atoms with E-state index in [2.05, 4.69) is 15.6 Å². The Morgan fingerprint density at radius 3 is 2.89 bits per heavy atom. The van der Waals surface area contributed by atoms with E-state index >= 15 is 0 Å². The number of carbonyl (C=O) groups is 2. The van der Waals surface area contributed by atoms with Gasteiger partial charge in [0.05, 0.1) is 6.20 Å². The van der Waals surface area contributed by atoms with Gasteiger partial charge in [-0.25, -0.2) is 9.48 Å². The highest BCUT2D eigenvalue weighted by atomic mass is 16.5. The van der Waals surface area contributed by atoms with Crippen molar-refractivity contribution >= 4 is 11.9 Å². The van der Waals surface area contributed by atoms with Gasteiger partial charge in [-0.15, -0.1) is 5.10 Å². The summed E-state index contributed by atoms with van der Waals surface area (Å²) in [6.07, 6.45) is 1.92. The Kier molecular flexibility index (Phi) is 5.25. The molecule has 0 fully saturated rings. The molecule has 8 heteroatoms. The summed E-state index contributed by atoms with van der Waals surface area (Å²) < 4.78 is 6.08. The summed E-state index contributed by atoms with van der Waals surface area (Å²) in [5, 5.41) is 18.3. The molecule has 1 rings (SSSR count). The van der Waals surface area contributed by atoms with Gasteiger partial charge in [0, 0.05) is 19.8 Å². The number of carboxylic acids is 1. The number of aromatic carboxylic acids is 1. The molecule has 1 aromatic rings. The minimum atomic E-state index is -1.17. The summed E-state index contributed by atoms with van der Waals surface area (Å²) in [5.74, 6) is -1.42. The fraction of sp³-hybridized carbons (Fsp3) is 0.600. The van der Waals surface area contributed by atoms with Crippen LogP contribution in [0.1, 0.15) is 23.8 Å². The van der Waals surface area contributed by atoms with Crippen LogP contribution in [0.3, 0.4) is 0 Å². The minimum Gasteiger partial charge on any atom is -0.476 e. The van der Waals surface area contributed by atoms with Gasteiger partial charge in [0.1, 0.15) is 6.54 Å². The van der Waals surface area contributed by atoms with E-state index in [1.54, 1.807) is 7.11 Å². The molecule has 18 heavy (non-hydrogen) atoms. The zero-order valence-electron chi connectivity index (χ0n) is 10.3. The van der Waals surface area contributed by atoms with Crippen LogP contribution in [-0.4, -0.2) is 51.7 Å². The normalized spacial score (nSPS) is 12.1. The molecular formula is C10H16N4O4. The average Bonchev–Trinajstić information content (AvgIpc) is 2.74. The summed E-state index contributed by atoms with van der Waals surface area (Å²) >= 11 is 0. The van der Waals surface area contributed by atoms with E-state index < -0.39 is 5.97 Å². The molecule has 1 aromatic heterocycles. The standard InChI is InChI=1S/C10H16N4O4/c1-7(3-4-18-2)11-9(15)6-14-5-8(10(16)17)12-13-14/h5,7H,3-4,6H2,1-2H3,(H,11,15)(H,16,17). The number of ether oxygens (including phenoxy) is 1. The molecule has 0 saturated heterocycles. The zero-order chi connectivity index (χ0) is 13.5. The van der Waals surface area contributed by atoms with Crippen molar-refractivity contribution in [2.24, 2.45) is 0 Å². The number of rotatable bonds is 7. The zero-order valence-corrected chi connectivity index (χ0v) is 10.3. The van der Waals surface area contributed by atoms with Crippen LogP contribution in [0.15, 0.2) is 6.20 Å². The Morgan fingerprint density at radius 1 is 1.61 bits per heavy atom. The number of amides is 1. The lowest BCUT2D eigenvalue weighted by Crippen LogP contribution is -2.35. The predicted molar refractivity (Wildman–Crippen MR) is 61.1 cm³/mol. The lowest BCUT2D eigenvalue weighted by molar-refractivity contribution is -0.122. The van der Waals surface area contributed by atoms with Crippen LogP contribution in [0.2, 0.25) is 0 Å². The Balaban J connectivity index is 2.41. The van der Waals surface area contributed by atoms with Crippen molar-refractivity contribution < 1.29 is 19.4 Å². The molecule has 0 radical (unpaired) electrons. The highest BCUT2D eigenvalue weighted by molar-refractivity contribution is 5.84. The molecule has 1 atom stereocenters. The first-order valence-corrected chi connectivity index (χ1v) is 5.44. The molecule has 0 spiro atoms. The lowest BCUT2D eigenvalue weighted by atomic mass is 10.2. The molecule has 0 aromatic carbocycles. The SMILES string of the molecule is COCCC(C)NC(=O)Cn1cc(C(=O)O)nn1. The van der Waals surface area contributed by atoms with E-state index in [4.69, 9.17) is 9.84 Å². The summed E-state index contributed by atoms with van der Waals surface area (Å²) in [6, 6.07) is -0.0140. The predicted octanol–water partition coefficient (Wildman–Crippen LogP) is -0.482. The molecule has 100 valence electrons. The number of hydrogen-bond acceptors (Lipinski definition) is 5. The van der Waals surface area contributed by atoms with Crippen molar-refractivity contribution in [1.82, 2.24) is 20.3 Å². The smallest absolute Gasteiger partial charge is 0.358 e. The number of carbonyl (C=O) groups excluding carboxylic acids is 1. The van der Waals surface area contributed by atoms with Crippen molar-refractivity contribution in [2.45, 2.75) is 25.9 Å². The van der Waals surface area contributed by atoms with Gasteiger partial charge in [0.15, 0.2) is 5.69 Å². The van der Waals surface area contributed by atoms with Gasteiger partial charge in [-0.1, -0.05) is 5.21 Å². The first-order chi connectivity index (χ1) is 8.52. The molecule has 0 bridgehead atoms. The van der Waals surface area contributed by atoms with Crippen molar-refractivity contribution in [3.8, 4) is 0 Å². The lowest BCUT2D eigenvalue weighted by Gasteiger charge is -2.12. The van der Waals surface area contributed by atoms with E-state index in [9.17, 15) is 9.59 Å². The quantitative estimate of drug-likeness (QED) is 0.682. The Morgan fingerprint density at radius 2 is 2.33 bits per heavy atom. The third kappa shape index (κ3) is 4.50. The van der Waals surface area contributed by atoms with E-state index in [0.717, 1.165) is 0 Å². The first kappa shape index (κ1) is 14.1. The third-order valence-electron chi connectivity index (χ3n) is 2.23. The number of hydrogen-bond donors (Lipinski definition) is 2.